The number of fused-ring (bicyclic) bond motifs is 1. The first-order valence-corrected chi connectivity index (χ1v) is 16.7. The van der Waals surface area contributed by atoms with E-state index in [-0.39, 0.29) is 37.7 Å². The number of aliphatic hydroxyl groups excluding tert-OH is 1. The molecule has 0 radical (unpaired) electrons. The summed E-state index contributed by atoms with van der Waals surface area (Å²) in [6, 6.07) is 17.3. The van der Waals surface area contributed by atoms with Gasteiger partial charge in [-0.25, -0.2) is 0 Å². The molecule has 0 unspecified atom stereocenters. The number of hydrogen-bond acceptors (Lipinski definition) is 8. The number of aliphatic hydroxyl groups is 1. The van der Waals surface area contributed by atoms with Crippen molar-refractivity contribution in [3.63, 3.8) is 0 Å². The van der Waals surface area contributed by atoms with Crippen molar-refractivity contribution in [2.45, 2.75) is 70.1 Å². The summed E-state index contributed by atoms with van der Waals surface area (Å²) in [4.78, 5) is 28.0. The number of hydrogen-bond donors (Lipinski definition) is 2. The number of nitrogens with zero attached hydrogens (tertiary/aromatic N) is 2. The second-order valence-electron chi connectivity index (χ2n) is 13.1. The molecule has 13 heteroatoms. The monoisotopic (exact) mass is 697 g/mol. The topological polar surface area (TPSA) is 110 Å². The number of halogens is 3. The second-order valence-corrected chi connectivity index (χ2v) is 13.1. The Kier molecular flexibility index (Phi) is 10.7. The van der Waals surface area contributed by atoms with Crippen molar-refractivity contribution in [1.29, 1.82) is 0 Å². The van der Waals surface area contributed by atoms with Crippen LogP contribution in [-0.4, -0.2) is 78.9 Å². The van der Waals surface area contributed by atoms with E-state index < -0.39 is 30.3 Å². The zero-order valence-corrected chi connectivity index (χ0v) is 28.2. The van der Waals surface area contributed by atoms with E-state index in [1.165, 1.54) is 5.56 Å². The van der Waals surface area contributed by atoms with Crippen molar-refractivity contribution in [2.24, 2.45) is 5.92 Å². The standard InChI is InChI=1S/C37H42F3N3O7/c1-22-32(20-42-15-13-25-17-30(47-2)31(48-3)18-27(25)19-42)49-35(50-33(22)24-11-9-23(21-44)10-12-24)26-6-4-7-28(16-26)41-34(45)29-8-5-14-43(29)36(46)37(38,39)40/h4,6-7,9-12,16-18,22,29,32-33,35,44H,5,8,13-15,19-21H2,1-3H3,(H,41,45)/t22-,29+,32+,33+,35+/m1/s1. The van der Waals surface area contributed by atoms with Gasteiger partial charge in [0.05, 0.1) is 33.0 Å². The van der Waals surface area contributed by atoms with Gasteiger partial charge in [-0.1, -0.05) is 43.3 Å². The number of carbonyl (C=O) groups excluding carboxylic acids is 2. The van der Waals surface area contributed by atoms with Crippen molar-refractivity contribution < 1.29 is 46.8 Å². The van der Waals surface area contributed by atoms with Crippen molar-refractivity contribution in [1.82, 2.24) is 9.80 Å². The smallest absolute Gasteiger partial charge is 0.471 e. The lowest BCUT2D eigenvalue weighted by atomic mass is 9.89. The van der Waals surface area contributed by atoms with Crippen LogP contribution in [0.15, 0.2) is 60.7 Å². The van der Waals surface area contributed by atoms with E-state index in [2.05, 4.69) is 17.1 Å². The van der Waals surface area contributed by atoms with Crippen LogP contribution in [-0.2, 0) is 38.6 Å². The van der Waals surface area contributed by atoms with E-state index in [1.807, 2.05) is 42.5 Å². The number of methoxy groups -OCH3 is 2. The highest BCUT2D eigenvalue weighted by atomic mass is 19.4. The highest BCUT2D eigenvalue weighted by Gasteiger charge is 2.48. The van der Waals surface area contributed by atoms with Crippen LogP contribution in [0, 0.1) is 5.92 Å². The number of benzene rings is 3. The molecule has 2 N–H and O–H groups in total. The van der Waals surface area contributed by atoms with Gasteiger partial charge >= 0.3 is 12.1 Å². The number of alkyl halides is 3. The minimum atomic E-state index is -5.06. The lowest BCUT2D eigenvalue weighted by Gasteiger charge is -2.43. The van der Waals surface area contributed by atoms with Crippen LogP contribution in [0.5, 0.6) is 11.5 Å². The summed E-state index contributed by atoms with van der Waals surface area (Å²) in [6.45, 7) is 3.99. The Morgan fingerprint density at radius 1 is 0.960 bits per heavy atom. The third-order valence-corrected chi connectivity index (χ3v) is 9.84. The van der Waals surface area contributed by atoms with Gasteiger partial charge in [0.2, 0.25) is 5.91 Å². The Hall–Kier alpha value is -4.17. The lowest BCUT2D eigenvalue weighted by Crippen LogP contribution is -2.48. The van der Waals surface area contributed by atoms with Gasteiger partial charge in [-0.3, -0.25) is 14.5 Å². The molecular weight excluding hydrogens is 655 g/mol. The third-order valence-electron chi connectivity index (χ3n) is 9.84. The van der Waals surface area contributed by atoms with Crippen molar-refractivity contribution in [2.75, 3.05) is 39.2 Å². The Bertz CT molecular complexity index is 1690. The van der Waals surface area contributed by atoms with Crippen LogP contribution < -0.4 is 14.8 Å². The number of nitrogens with one attached hydrogen (secondary N) is 1. The van der Waals surface area contributed by atoms with E-state index in [9.17, 15) is 27.9 Å². The van der Waals surface area contributed by atoms with Gasteiger partial charge in [-0.05, 0) is 65.8 Å². The largest absolute Gasteiger partial charge is 0.493 e. The van der Waals surface area contributed by atoms with Gasteiger partial charge in [0.1, 0.15) is 6.04 Å². The predicted octanol–water partition coefficient (Wildman–Crippen LogP) is 5.54. The summed E-state index contributed by atoms with van der Waals surface area (Å²) >= 11 is 0. The summed E-state index contributed by atoms with van der Waals surface area (Å²) in [5.41, 5.74) is 5.04. The molecule has 6 rings (SSSR count). The van der Waals surface area contributed by atoms with Gasteiger partial charge < -0.3 is 34.3 Å². The summed E-state index contributed by atoms with van der Waals surface area (Å²) in [7, 11) is 3.25. The molecule has 0 aromatic heterocycles. The maximum absolute atomic E-state index is 13.2. The quantitative estimate of drug-likeness (QED) is 0.300. The second kappa shape index (κ2) is 15.0. The lowest BCUT2D eigenvalue weighted by molar-refractivity contribution is -0.276. The number of amides is 2. The zero-order valence-electron chi connectivity index (χ0n) is 28.2. The maximum atomic E-state index is 13.2. The van der Waals surface area contributed by atoms with E-state index in [1.54, 1.807) is 32.4 Å². The van der Waals surface area contributed by atoms with E-state index in [4.69, 9.17) is 18.9 Å². The number of anilines is 1. The molecule has 5 atom stereocenters. The first kappa shape index (κ1) is 35.6. The average Bonchev–Trinajstić information content (AvgIpc) is 3.61. The average molecular weight is 698 g/mol. The normalized spacial score (nSPS) is 24.1. The highest BCUT2D eigenvalue weighted by Crippen LogP contribution is 2.43. The van der Waals surface area contributed by atoms with Crippen LogP contribution in [0.2, 0.25) is 0 Å². The van der Waals surface area contributed by atoms with Crippen LogP contribution in [0.1, 0.15) is 60.0 Å². The molecule has 2 saturated heterocycles. The van der Waals surface area contributed by atoms with Crippen LogP contribution in [0.4, 0.5) is 18.9 Å². The molecule has 10 nitrogen and oxygen atoms in total. The molecule has 0 aliphatic carbocycles. The molecule has 0 saturated carbocycles. The predicted molar refractivity (Wildman–Crippen MR) is 177 cm³/mol. The summed E-state index contributed by atoms with van der Waals surface area (Å²) in [5.74, 6) is -1.39. The van der Waals surface area contributed by atoms with E-state index in [0.29, 0.717) is 47.2 Å². The Labute approximate surface area is 289 Å². The van der Waals surface area contributed by atoms with Gasteiger partial charge in [-0.15, -0.1) is 0 Å². The molecule has 3 aromatic carbocycles. The highest BCUT2D eigenvalue weighted by molar-refractivity contribution is 5.98. The fourth-order valence-electron chi connectivity index (χ4n) is 7.11. The van der Waals surface area contributed by atoms with E-state index in [0.717, 1.165) is 29.7 Å². The molecule has 2 fully saturated rings. The van der Waals surface area contributed by atoms with Crippen molar-refractivity contribution >= 4 is 17.5 Å². The Morgan fingerprint density at radius 3 is 2.36 bits per heavy atom. The minimum Gasteiger partial charge on any atom is -0.493 e. The first-order chi connectivity index (χ1) is 24.0. The summed E-state index contributed by atoms with van der Waals surface area (Å²) in [6.07, 6.45) is -5.25. The molecule has 0 spiro atoms. The number of ether oxygens (including phenoxy) is 4. The molecule has 50 heavy (non-hydrogen) atoms. The summed E-state index contributed by atoms with van der Waals surface area (Å²) in [5, 5.41) is 12.3. The Morgan fingerprint density at radius 2 is 1.68 bits per heavy atom. The first-order valence-electron chi connectivity index (χ1n) is 16.7. The molecule has 2 amide bonds. The van der Waals surface area contributed by atoms with Crippen molar-refractivity contribution in [3.05, 3.63) is 88.5 Å². The number of likely N-dealkylation sites (tertiary alicyclic amines) is 1. The molecule has 3 aliphatic rings. The summed E-state index contributed by atoms with van der Waals surface area (Å²) < 4.78 is 63.8. The SMILES string of the molecule is COc1cc2c(cc1OC)CN(C[C@@H]1O[C@H](c3cccc(NC(=O)[C@@H]4CCCN4C(=O)C(F)(F)F)c3)O[C@H](c3ccc(CO)cc3)[C@@H]1C)CC2. The number of rotatable bonds is 9. The third kappa shape index (κ3) is 7.60. The van der Waals surface area contributed by atoms with Gasteiger partial charge in [0.15, 0.2) is 17.8 Å². The van der Waals surface area contributed by atoms with Gasteiger partial charge in [0.25, 0.3) is 0 Å². The molecular formula is C37H42F3N3O7. The Balaban J connectivity index is 1.22. The maximum Gasteiger partial charge on any atom is 0.471 e. The van der Waals surface area contributed by atoms with Gasteiger partial charge in [0, 0.05) is 43.3 Å². The van der Waals surface area contributed by atoms with Crippen LogP contribution >= 0.6 is 0 Å². The fraction of sp³-hybridized carbons (Fsp3) is 0.459. The fourth-order valence-corrected chi connectivity index (χ4v) is 7.11. The zero-order chi connectivity index (χ0) is 35.6. The minimum absolute atomic E-state index is 0.0690. The van der Waals surface area contributed by atoms with Crippen LogP contribution in [0.3, 0.4) is 0 Å². The molecule has 268 valence electrons. The molecule has 3 heterocycles. The van der Waals surface area contributed by atoms with Crippen LogP contribution in [0.25, 0.3) is 0 Å². The molecule has 3 aliphatic heterocycles. The molecule has 3 aromatic rings. The number of carbonyl (C=O) groups is 2. The molecule has 0 bridgehead atoms. The van der Waals surface area contributed by atoms with E-state index >= 15 is 0 Å². The van der Waals surface area contributed by atoms with Crippen molar-refractivity contribution in [3.8, 4) is 11.5 Å². The van der Waals surface area contributed by atoms with Gasteiger partial charge in [-0.2, -0.15) is 13.2 Å².